The molecule has 0 saturated heterocycles. The molecule has 0 amide bonds. The largest absolute Gasteiger partial charge is 0.0882 e. The lowest BCUT2D eigenvalue weighted by Crippen LogP contribution is -1.70. The number of hydrogen-bond donors (Lipinski definition) is 0. The Morgan fingerprint density at radius 1 is 0.450 bits per heavy atom. The van der Waals surface area contributed by atoms with Gasteiger partial charge in [-0.1, -0.05) is 88.1 Å². The SMILES string of the molecule is CCCC/C=C\C/C=C\C/C=C\C/C=C\CCCCC. The van der Waals surface area contributed by atoms with Crippen molar-refractivity contribution in [3.63, 3.8) is 0 Å². The zero-order valence-electron chi connectivity index (χ0n) is 13.7. The highest BCUT2D eigenvalue weighted by Crippen LogP contribution is 2.01. The third-order valence-corrected chi connectivity index (χ3v) is 3.18. The van der Waals surface area contributed by atoms with E-state index in [1.807, 2.05) is 0 Å². The van der Waals surface area contributed by atoms with Crippen molar-refractivity contribution < 1.29 is 0 Å². The van der Waals surface area contributed by atoms with E-state index in [-0.39, 0.29) is 0 Å². The molecule has 0 heteroatoms. The lowest BCUT2D eigenvalue weighted by atomic mass is 10.2. The summed E-state index contributed by atoms with van der Waals surface area (Å²) in [6.45, 7) is 4.49. The fourth-order valence-corrected chi connectivity index (χ4v) is 1.88. The van der Waals surface area contributed by atoms with Gasteiger partial charge in [-0.15, -0.1) is 0 Å². The number of unbranched alkanes of at least 4 members (excludes halogenated alkanes) is 5. The first-order chi connectivity index (χ1) is 9.91. The van der Waals surface area contributed by atoms with Gasteiger partial charge in [-0.05, 0) is 38.5 Å². The maximum atomic E-state index is 2.32. The van der Waals surface area contributed by atoms with Gasteiger partial charge in [-0.25, -0.2) is 0 Å². The number of hydrogen-bond acceptors (Lipinski definition) is 0. The fourth-order valence-electron chi connectivity index (χ4n) is 1.88. The molecule has 0 aliphatic rings. The van der Waals surface area contributed by atoms with E-state index in [2.05, 4.69) is 62.5 Å². The van der Waals surface area contributed by atoms with Crippen molar-refractivity contribution in [1.29, 1.82) is 0 Å². The predicted octanol–water partition coefficient (Wildman–Crippen LogP) is 7.15. The van der Waals surface area contributed by atoms with Crippen LogP contribution in [0.2, 0.25) is 0 Å². The lowest BCUT2D eigenvalue weighted by Gasteiger charge is -1.90. The van der Waals surface area contributed by atoms with Gasteiger partial charge < -0.3 is 0 Å². The Morgan fingerprint density at radius 3 is 1.30 bits per heavy atom. The van der Waals surface area contributed by atoms with Gasteiger partial charge in [0.25, 0.3) is 0 Å². The molecule has 20 heavy (non-hydrogen) atoms. The first kappa shape index (κ1) is 19.0. The van der Waals surface area contributed by atoms with Crippen LogP contribution < -0.4 is 0 Å². The van der Waals surface area contributed by atoms with E-state index in [0.29, 0.717) is 0 Å². The van der Waals surface area contributed by atoms with Gasteiger partial charge in [0.1, 0.15) is 0 Å². The van der Waals surface area contributed by atoms with Gasteiger partial charge in [0.15, 0.2) is 0 Å². The molecular formula is C20H34. The Hall–Kier alpha value is -1.04. The molecule has 0 aromatic heterocycles. The van der Waals surface area contributed by atoms with Crippen LogP contribution in [-0.2, 0) is 0 Å². The minimum absolute atomic E-state index is 1.06. The van der Waals surface area contributed by atoms with Gasteiger partial charge in [0.2, 0.25) is 0 Å². The minimum atomic E-state index is 1.06. The highest BCUT2D eigenvalue weighted by molar-refractivity contribution is 4.99. The Kier molecular flexibility index (Phi) is 17.0. The van der Waals surface area contributed by atoms with Crippen LogP contribution in [0.5, 0.6) is 0 Å². The molecule has 0 fully saturated rings. The number of rotatable bonds is 13. The van der Waals surface area contributed by atoms with Crippen LogP contribution in [-0.4, -0.2) is 0 Å². The van der Waals surface area contributed by atoms with E-state index in [1.54, 1.807) is 0 Å². The van der Waals surface area contributed by atoms with Gasteiger partial charge in [-0.3, -0.25) is 0 Å². The fraction of sp³-hybridized carbons (Fsp3) is 0.600. The summed E-state index contributed by atoms with van der Waals surface area (Å²) in [5.74, 6) is 0. The molecule has 0 N–H and O–H groups in total. The smallest absolute Gasteiger partial charge is 0.0169 e. The van der Waals surface area contributed by atoms with E-state index in [4.69, 9.17) is 0 Å². The molecule has 114 valence electrons. The topological polar surface area (TPSA) is 0 Å². The highest BCUT2D eigenvalue weighted by Gasteiger charge is 1.80. The van der Waals surface area contributed by atoms with E-state index in [1.165, 1.54) is 44.9 Å². The van der Waals surface area contributed by atoms with E-state index in [9.17, 15) is 0 Å². The Bertz CT molecular complexity index is 278. The molecule has 0 unspecified atom stereocenters. The second-order valence-electron chi connectivity index (χ2n) is 5.23. The maximum absolute atomic E-state index is 2.32. The van der Waals surface area contributed by atoms with Gasteiger partial charge in [-0.2, -0.15) is 0 Å². The van der Waals surface area contributed by atoms with Crippen molar-refractivity contribution in [2.45, 2.75) is 78.1 Å². The third kappa shape index (κ3) is 17.0. The summed E-state index contributed by atoms with van der Waals surface area (Å²) in [5, 5.41) is 0. The number of allylic oxidation sites excluding steroid dienone is 8. The predicted molar refractivity (Wildman–Crippen MR) is 94.1 cm³/mol. The Morgan fingerprint density at radius 2 is 0.850 bits per heavy atom. The minimum Gasteiger partial charge on any atom is -0.0882 e. The summed E-state index contributed by atoms with van der Waals surface area (Å²) in [7, 11) is 0. The molecule has 0 aliphatic carbocycles. The molecule has 0 saturated carbocycles. The average Bonchev–Trinajstić information content (AvgIpc) is 2.47. The van der Waals surface area contributed by atoms with Crippen molar-refractivity contribution >= 4 is 0 Å². The summed E-state index contributed by atoms with van der Waals surface area (Å²) in [5.41, 5.74) is 0. The molecule has 0 atom stereocenters. The zero-order valence-corrected chi connectivity index (χ0v) is 13.7. The highest BCUT2D eigenvalue weighted by atomic mass is 13.9. The van der Waals surface area contributed by atoms with Crippen LogP contribution in [0, 0.1) is 0 Å². The van der Waals surface area contributed by atoms with E-state index in [0.717, 1.165) is 19.3 Å². The molecule has 0 rings (SSSR count). The van der Waals surface area contributed by atoms with Crippen molar-refractivity contribution in [1.82, 2.24) is 0 Å². The van der Waals surface area contributed by atoms with Crippen LogP contribution in [0.1, 0.15) is 78.1 Å². The van der Waals surface area contributed by atoms with Gasteiger partial charge in [0.05, 0.1) is 0 Å². The van der Waals surface area contributed by atoms with Crippen molar-refractivity contribution in [3.05, 3.63) is 48.6 Å². The standard InChI is InChI=1S/C20H34/c1-3-5-7-9-11-13-15-17-19-20-18-16-14-12-10-8-6-4-2/h9,11-12,14-15,17-18,20H,3-8,10,13,16,19H2,1-2H3/b11-9-,14-12-,17-15-,20-18-. The van der Waals surface area contributed by atoms with Crippen LogP contribution in [0.4, 0.5) is 0 Å². The maximum Gasteiger partial charge on any atom is -0.0169 e. The Labute approximate surface area is 127 Å². The van der Waals surface area contributed by atoms with Crippen molar-refractivity contribution in [2.24, 2.45) is 0 Å². The monoisotopic (exact) mass is 274 g/mol. The first-order valence-electron chi connectivity index (χ1n) is 8.51. The lowest BCUT2D eigenvalue weighted by molar-refractivity contribution is 0.728. The summed E-state index contributed by atoms with van der Waals surface area (Å²) < 4.78 is 0. The van der Waals surface area contributed by atoms with Crippen molar-refractivity contribution in [3.8, 4) is 0 Å². The molecule has 0 spiro atoms. The molecule has 0 aromatic carbocycles. The summed E-state index contributed by atoms with van der Waals surface area (Å²) in [6, 6.07) is 0. The quantitative estimate of drug-likeness (QED) is 0.247. The summed E-state index contributed by atoms with van der Waals surface area (Å²) in [6.07, 6.45) is 30.5. The second kappa shape index (κ2) is 18.0. The zero-order chi connectivity index (χ0) is 14.7. The van der Waals surface area contributed by atoms with Crippen LogP contribution in [0.3, 0.4) is 0 Å². The molecular weight excluding hydrogens is 240 g/mol. The second-order valence-corrected chi connectivity index (χ2v) is 5.23. The molecule has 0 radical (unpaired) electrons. The van der Waals surface area contributed by atoms with Crippen LogP contribution in [0.25, 0.3) is 0 Å². The first-order valence-corrected chi connectivity index (χ1v) is 8.51. The summed E-state index contributed by atoms with van der Waals surface area (Å²) in [4.78, 5) is 0. The van der Waals surface area contributed by atoms with Crippen LogP contribution >= 0.6 is 0 Å². The summed E-state index contributed by atoms with van der Waals surface area (Å²) >= 11 is 0. The normalized spacial score (nSPS) is 12.7. The van der Waals surface area contributed by atoms with Crippen LogP contribution in [0.15, 0.2) is 48.6 Å². The molecule has 0 heterocycles. The van der Waals surface area contributed by atoms with E-state index >= 15 is 0 Å². The molecule has 0 nitrogen and oxygen atoms in total. The Balaban J connectivity index is 3.36. The third-order valence-electron chi connectivity index (χ3n) is 3.18. The van der Waals surface area contributed by atoms with Gasteiger partial charge >= 0.3 is 0 Å². The van der Waals surface area contributed by atoms with Gasteiger partial charge in [0, 0.05) is 0 Å². The van der Waals surface area contributed by atoms with Crippen molar-refractivity contribution in [2.75, 3.05) is 0 Å². The average molecular weight is 274 g/mol. The van der Waals surface area contributed by atoms with E-state index < -0.39 is 0 Å². The molecule has 0 aliphatic heterocycles. The molecule has 0 bridgehead atoms. The molecule has 0 aromatic rings.